The average molecular weight is 575 g/mol. The van der Waals surface area contributed by atoms with Gasteiger partial charge in [-0.3, -0.25) is 14.9 Å². The first-order valence-electron chi connectivity index (χ1n) is 11.3. The number of benzene rings is 2. The molecule has 0 aliphatic rings. The zero-order valence-electron chi connectivity index (χ0n) is 21.3. The fourth-order valence-electron chi connectivity index (χ4n) is 3.44. The molecule has 0 unspecified atom stereocenters. The number of nitro groups is 1. The van der Waals surface area contributed by atoms with Gasteiger partial charge in [-0.2, -0.15) is 9.78 Å². The third-order valence-corrected chi connectivity index (χ3v) is 5.68. The van der Waals surface area contributed by atoms with Crippen molar-refractivity contribution in [2.45, 2.75) is 46.1 Å². The number of nitro benzene ring substituents is 1. The van der Waals surface area contributed by atoms with Gasteiger partial charge >= 0.3 is 11.7 Å². The highest BCUT2D eigenvalue weighted by molar-refractivity contribution is 9.10. The number of nitrogens with zero attached hydrogens (tertiary/aromatic N) is 4. The molecule has 0 bridgehead atoms. The van der Waals surface area contributed by atoms with Crippen LogP contribution >= 0.6 is 15.9 Å². The van der Waals surface area contributed by atoms with Gasteiger partial charge in [0.05, 0.1) is 35.8 Å². The number of esters is 1. The van der Waals surface area contributed by atoms with E-state index in [-0.39, 0.29) is 23.7 Å². The maximum absolute atomic E-state index is 13.4. The minimum atomic E-state index is -1.11. The Morgan fingerprint density at radius 3 is 2.59 bits per heavy atom. The highest BCUT2D eigenvalue weighted by Gasteiger charge is 2.27. The first-order chi connectivity index (χ1) is 17.4. The van der Waals surface area contributed by atoms with E-state index in [1.807, 2.05) is 20.8 Å². The minimum absolute atomic E-state index is 0.00996. The Morgan fingerprint density at radius 1 is 1.30 bits per heavy atom. The maximum atomic E-state index is 13.4. The number of fused-ring (bicyclic) bond motifs is 1. The Bertz CT molecular complexity index is 1440. The van der Waals surface area contributed by atoms with E-state index in [4.69, 9.17) is 14.2 Å². The van der Waals surface area contributed by atoms with Crippen LogP contribution in [0.5, 0.6) is 11.5 Å². The van der Waals surface area contributed by atoms with Crippen molar-refractivity contribution in [3.8, 4) is 11.5 Å². The zero-order valence-corrected chi connectivity index (χ0v) is 22.9. The molecule has 0 aliphatic carbocycles. The molecule has 3 aromatic rings. The largest absolute Gasteiger partial charge is 0.493 e. The summed E-state index contributed by atoms with van der Waals surface area (Å²) in [5.74, 6) is -0.479. The highest BCUT2D eigenvalue weighted by Crippen LogP contribution is 2.39. The molecule has 12 heteroatoms. The molecule has 1 heterocycles. The zero-order chi connectivity index (χ0) is 27.5. The molecule has 196 valence electrons. The fourth-order valence-corrected chi connectivity index (χ4v) is 3.80. The summed E-state index contributed by atoms with van der Waals surface area (Å²) in [5.41, 5.74) is -0.583. The van der Waals surface area contributed by atoms with E-state index in [0.29, 0.717) is 21.2 Å². The SMILES string of the molecule is CCOC(=O)[C@H](C)Oc1c(OC)cc(C=Nn2c(C(C)(C)C)nc3ccc(Br)cc3c2=O)cc1[N+](=O)[O-]. The lowest BCUT2D eigenvalue weighted by molar-refractivity contribution is -0.386. The van der Waals surface area contributed by atoms with E-state index < -0.39 is 33.7 Å². The van der Waals surface area contributed by atoms with Crippen LogP contribution in [0.4, 0.5) is 5.69 Å². The molecule has 3 rings (SSSR count). The number of rotatable bonds is 8. The fraction of sp³-hybridized carbons (Fsp3) is 0.360. The molecule has 0 saturated carbocycles. The molecule has 1 atom stereocenters. The van der Waals surface area contributed by atoms with Crippen molar-refractivity contribution in [2.75, 3.05) is 13.7 Å². The number of carbonyl (C=O) groups is 1. The van der Waals surface area contributed by atoms with Crippen LogP contribution in [0, 0.1) is 10.1 Å². The van der Waals surface area contributed by atoms with Crippen molar-refractivity contribution in [2.24, 2.45) is 5.10 Å². The lowest BCUT2D eigenvalue weighted by atomic mass is 9.95. The minimum Gasteiger partial charge on any atom is -0.493 e. The van der Waals surface area contributed by atoms with Gasteiger partial charge in [-0.25, -0.2) is 9.78 Å². The number of hydrogen-bond acceptors (Lipinski definition) is 9. The van der Waals surface area contributed by atoms with Crippen LogP contribution in [0.2, 0.25) is 0 Å². The Morgan fingerprint density at radius 2 is 2.00 bits per heavy atom. The summed E-state index contributed by atoms with van der Waals surface area (Å²) in [5, 5.41) is 16.6. The number of ether oxygens (including phenoxy) is 3. The van der Waals surface area contributed by atoms with Crippen molar-refractivity contribution in [3.63, 3.8) is 0 Å². The van der Waals surface area contributed by atoms with Crippen molar-refractivity contribution in [1.29, 1.82) is 0 Å². The van der Waals surface area contributed by atoms with Crippen molar-refractivity contribution in [1.82, 2.24) is 9.66 Å². The van der Waals surface area contributed by atoms with Crippen molar-refractivity contribution >= 4 is 44.7 Å². The van der Waals surface area contributed by atoms with Crippen LogP contribution in [-0.2, 0) is 14.9 Å². The van der Waals surface area contributed by atoms with Crippen LogP contribution in [-0.4, -0.2) is 46.6 Å². The van der Waals surface area contributed by atoms with E-state index in [9.17, 15) is 19.7 Å². The van der Waals surface area contributed by atoms with E-state index in [2.05, 4.69) is 26.0 Å². The quantitative estimate of drug-likeness (QED) is 0.165. The van der Waals surface area contributed by atoms with Crippen LogP contribution < -0.4 is 15.0 Å². The molecule has 0 saturated heterocycles. The molecule has 2 aromatic carbocycles. The van der Waals surface area contributed by atoms with E-state index >= 15 is 0 Å². The monoisotopic (exact) mass is 574 g/mol. The molecular formula is C25H27BrN4O7. The molecule has 0 fully saturated rings. The van der Waals surface area contributed by atoms with Gasteiger partial charge < -0.3 is 14.2 Å². The van der Waals surface area contributed by atoms with Gasteiger partial charge in [-0.1, -0.05) is 36.7 Å². The molecule has 1 aromatic heterocycles. The molecule has 0 radical (unpaired) electrons. The molecule has 0 N–H and O–H groups in total. The third-order valence-electron chi connectivity index (χ3n) is 5.19. The average Bonchev–Trinajstić information content (AvgIpc) is 2.83. The summed E-state index contributed by atoms with van der Waals surface area (Å²) >= 11 is 3.37. The first-order valence-corrected chi connectivity index (χ1v) is 12.1. The van der Waals surface area contributed by atoms with Crippen LogP contribution in [0.25, 0.3) is 10.9 Å². The van der Waals surface area contributed by atoms with Gasteiger partial charge in [0.25, 0.3) is 5.56 Å². The topological polar surface area (TPSA) is 135 Å². The normalized spacial score (nSPS) is 12.5. The molecule has 11 nitrogen and oxygen atoms in total. The number of halogens is 1. The van der Waals surface area contributed by atoms with Gasteiger partial charge in [0, 0.05) is 21.5 Å². The Labute approximate surface area is 221 Å². The molecule has 0 aliphatic heterocycles. The van der Waals surface area contributed by atoms with E-state index in [1.165, 1.54) is 37.1 Å². The van der Waals surface area contributed by atoms with E-state index in [1.54, 1.807) is 25.1 Å². The summed E-state index contributed by atoms with van der Waals surface area (Å²) in [6.07, 6.45) is 0.193. The molecule has 37 heavy (non-hydrogen) atoms. The summed E-state index contributed by atoms with van der Waals surface area (Å²) in [6.45, 7) is 8.89. The first kappa shape index (κ1) is 27.8. The predicted molar refractivity (Wildman–Crippen MR) is 142 cm³/mol. The van der Waals surface area contributed by atoms with Gasteiger partial charge in [0.1, 0.15) is 5.82 Å². The summed E-state index contributed by atoms with van der Waals surface area (Å²) in [6, 6.07) is 7.87. The summed E-state index contributed by atoms with van der Waals surface area (Å²) in [7, 11) is 1.31. The van der Waals surface area contributed by atoms with Crippen LogP contribution in [0.1, 0.15) is 46.0 Å². The number of carbonyl (C=O) groups excluding carboxylic acids is 1. The number of methoxy groups -OCH3 is 1. The maximum Gasteiger partial charge on any atom is 0.347 e. The Balaban J connectivity index is 2.14. The summed E-state index contributed by atoms with van der Waals surface area (Å²) in [4.78, 5) is 41.2. The van der Waals surface area contributed by atoms with E-state index in [0.717, 1.165) is 0 Å². The highest BCUT2D eigenvalue weighted by atomic mass is 79.9. The van der Waals surface area contributed by atoms with Gasteiger partial charge in [0.15, 0.2) is 11.9 Å². The summed E-state index contributed by atoms with van der Waals surface area (Å²) < 4.78 is 17.7. The second-order valence-electron chi connectivity index (χ2n) is 9.05. The van der Waals surface area contributed by atoms with Crippen molar-refractivity contribution in [3.05, 3.63) is 66.7 Å². The van der Waals surface area contributed by atoms with Gasteiger partial charge in [0.2, 0.25) is 5.75 Å². The second-order valence-corrected chi connectivity index (χ2v) is 9.96. The molecule has 0 spiro atoms. The molecule has 0 amide bonds. The smallest absolute Gasteiger partial charge is 0.347 e. The lowest BCUT2D eigenvalue weighted by Crippen LogP contribution is -2.29. The second kappa shape index (κ2) is 11.1. The van der Waals surface area contributed by atoms with Gasteiger partial charge in [-0.05, 0) is 38.1 Å². The molecular weight excluding hydrogens is 548 g/mol. The number of aromatic nitrogens is 2. The Kier molecular flexibility index (Phi) is 8.32. The van der Waals surface area contributed by atoms with Crippen molar-refractivity contribution < 1.29 is 23.9 Å². The van der Waals surface area contributed by atoms with Crippen LogP contribution in [0.3, 0.4) is 0 Å². The lowest BCUT2D eigenvalue weighted by Gasteiger charge is -2.21. The standard InChI is InChI=1S/C25H27BrN4O7/c1-7-36-23(32)14(2)37-21-19(30(33)34)10-15(11-20(21)35-6)13-27-29-22(31)17-12-16(26)8-9-18(17)28-24(29)25(3,4)5/h8-14H,7H2,1-6H3/t14-/m0/s1. The number of hydrogen-bond donors (Lipinski definition) is 0. The predicted octanol–water partition coefficient (Wildman–Crippen LogP) is 4.59. The Hall–Kier alpha value is -3.80. The van der Waals surface area contributed by atoms with Crippen LogP contribution in [0.15, 0.2) is 44.7 Å². The third kappa shape index (κ3) is 6.13. The van der Waals surface area contributed by atoms with Gasteiger partial charge in [-0.15, -0.1) is 0 Å².